The number of alkyl carbamates (subject to hydrolysis) is 1. The number of alkyl halides is 2. The lowest BCUT2D eigenvalue weighted by Gasteiger charge is -2.23. The predicted octanol–water partition coefficient (Wildman–Crippen LogP) is 7.07. The first-order valence-corrected chi connectivity index (χ1v) is 18.5. The first-order chi connectivity index (χ1) is 19.0. The Bertz CT molecular complexity index is 1180. The van der Waals surface area contributed by atoms with Crippen LogP contribution in [0, 0.1) is 12.9 Å². The van der Waals surface area contributed by atoms with Gasteiger partial charge in [-0.3, -0.25) is 4.79 Å². The second-order valence-electron chi connectivity index (χ2n) is 12.2. The summed E-state index contributed by atoms with van der Waals surface area (Å²) in [6.07, 6.45) is 1.02. The van der Waals surface area contributed by atoms with Gasteiger partial charge < -0.3 is 20.1 Å². The van der Waals surface area contributed by atoms with Gasteiger partial charge in [-0.15, -0.1) is 23.2 Å². The van der Waals surface area contributed by atoms with Crippen molar-refractivity contribution in [1.29, 1.82) is 0 Å². The maximum atomic E-state index is 15.4. The molecule has 2 aromatic heterocycles. The average Bonchev–Trinajstić information content (AvgIpc) is 3.14. The van der Waals surface area contributed by atoms with E-state index in [1.807, 2.05) is 13.8 Å². The van der Waals surface area contributed by atoms with Crippen LogP contribution < -0.4 is 10.6 Å². The van der Waals surface area contributed by atoms with Crippen LogP contribution in [-0.4, -0.2) is 57.9 Å². The summed E-state index contributed by atoms with van der Waals surface area (Å²) in [5.41, 5.74) is 1.69. The Labute approximate surface area is 253 Å². The molecule has 41 heavy (non-hydrogen) atoms. The van der Waals surface area contributed by atoms with Gasteiger partial charge in [0, 0.05) is 31.5 Å². The molecule has 0 saturated heterocycles. The third kappa shape index (κ3) is 11.9. The van der Waals surface area contributed by atoms with Crippen LogP contribution in [0.5, 0.6) is 0 Å². The lowest BCUT2D eigenvalue weighted by Crippen LogP contribution is -2.46. The number of amides is 2. The number of carbonyl (C=O) groups excluding carboxylic acids is 2. The van der Waals surface area contributed by atoms with Gasteiger partial charge in [0.05, 0.1) is 5.69 Å². The number of ether oxygens (including phenoxy) is 2. The van der Waals surface area contributed by atoms with Gasteiger partial charge in [-0.2, -0.15) is 9.49 Å². The summed E-state index contributed by atoms with van der Waals surface area (Å²) in [4.78, 5) is 28.8. The molecular weight excluding hydrogens is 588 g/mol. The van der Waals surface area contributed by atoms with Gasteiger partial charge in [-0.1, -0.05) is 26.6 Å². The largest absolute Gasteiger partial charge is 0.444 e. The molecule has 2 aromatic rings. The monoisotopic (exact) mass is 631 g/mol. The van der Waals surface area contributed by atoms with Crippen molar-refractivity contribution in [3.8, 4) is 11.1 Å². The quantitative estimate of drug-likeness (QED) is 0.0999. The number of carbonyl (C=O) groups is 2. The van der Waals surface area contributed by atoms with Crippen molar-refractivity contribution in [2.45, 2.75) is 109 Å². The fourth-order valence-electron chi connectivity index (χ4n) is 4.07. The van der Waals surface area contributed by atoms with E-state index >= 15 is 4.39 Å². The molecule has 9 nitrogen and oxygen atoms in total. The Balaban J connectivity index is 2.20. The van der Waals surface area contributed by atoms with E-state index in [-0.39, 0.29) is 24.5 Å². The minimum Gasteiger partial charge on any atom is -0.444 e. The van der Waals surface area contributed by atoms with E-state index in [1.54, 1.807) is 31.5 Å². The Morgan fingerprint density at radius 1 is 1.17 bits per heavy atom. The van der Waals surface area contributed by atoms with Crippen LogP contribution in [0.25, 0.3) is 11.1 Å². The lowest BCUT2D eigenvalue weighted by molar-refractivity contribution is -0.118. The number of halogens is 3. The highest BCUT2D eigenvalue weighted by Crippen LogP contribution is 2.30. The molecular formula is C28H44Cl2FN5O4Si. The number of hydrogen-bond donors (Lipinski definition) is 2. The highest BCUT2D eigenvalue weighted by atomic mass is 35.5. The number of rotatable bonds is 14. The normalized spacial score (nSPS) is 12.9. The number of anilines is 1. The van der Waals surface area contributed by atoms with Crippen molar-refractivity contribution >= 4 is 49.1 Å². The van der Waals surface area contributed by atoms with E-state index in [4.69, 9.17) is 32.7 Å². The van der Waals surface area contributed by atoms with E-state index in [0.29, 0.717) is 37.1 Å². The van der Waals surface area contributed by atoms with Gasteiger partial charge in [0.2, 0.25) is 11.9 Å². The Morgan fingerprint density at radius 2 is 1.85 bits per heavy atom. The average molecular weight is 633 g/mol. The molecule has 13 heteroatoms. The molecule has 2 N–H and O–H groups in total. The zero-order chi connectivity index (χ0) is 31.0. The highest BCUT2D eigenvalue weighted by Gasteiger charge is 2.26. The highest BCUT2D eigenvalue weighted by molar-refractivity contribution is 6.76. The van der Waals surface area contributed by atoms with Gasteiger partial charge >= 0.3 is 6.09 Å². The van der Waals surface area contributed by atoms with Gasteiger partial charge in [-0.05, 0) is 71.6 Å². The molecule has 0 aliphatic carbocycles. The topological polar surface area (TPSA) is 107 Å². The van der Waals surface area contributed by atoms with Gasteiger partial charge in [-0.25, -0.2) is 14.5 Å². The molecule has 0 unspecified atom stereocenters. The second-order valence-corrected chi connectivity index (χ2v) is 19.1. The predicted molar refractivity (Wildman–Crippen MR) is 165 cm³/mol. The molecule has 0 saturated carbocycles. The van der Waals surface area contributed by atoms with E-state index in [0.717, 1.165) is 11.7 Å². The number of aromatic nitrogens is 3. The third-order valence-corrected chi connectivity index (χ3v) is 8.21. The molecule has 230 valence electrons. The molecule has 2 rings (SSSR count). The van der Waals surface area contributed by atoms with Crippen molar-refractivity contribution < 1.29 is 23.5 Å². The van der Waals surface area contributed by atoms with E-state index in [1.165, 1.54) is 6.07 Å². The van der Waals surface area contributed by atoms with E-state index in [9.17, 15) is 9.59 Å². The lowest BCUT2D eigenvalue weighted by atomic mass is 10.0. The van der Waals surface area contributed by atoms with Crippen molar-refractivity contribution in [1.82, 2.24) is 20.1 Å². The molecule has 0 aliphatic heterocycles. The minimum atomic E-state index is -1.22. The number of pyridine rings is 1. The fraction of sp³-hybridized carbons (Fsp3) is 0.643. The van der Waals surface area contributed by atoms with Crippen LogP contribution in [-0.2, 0) is 27.4 Å². The van der Waals surface area contributed by atoms with Crippen LogP contribution in [0.15, 0.2) is 12.1 Å². The first-order valence-electron chi connectivity index (χ1n) is 13.9. The Hall–Kier alpha value is -2.21. The summed E-state index contributed by atoms with van der Waals surface area (Å²) < 4.78 is 28.3. The van der Waals surface area contributed by atoms with Crippen molar-refractivity contribution in [2.75, 3.05) is 11.9 Å². The molecule has 0 fully saturated rings. The van der Waals surface area contributed by atoms with Crippen molar-refractivity contribution in [3.63, 3.8) is 0 Å². The summed E-state index contributed by atoms with van der Waals surface area (Å²) in [5, 5.41) is 9.76. The van der Waals surface area contributed by atoms with Crippen LogP contribution >= 0.6 is 23.2 Å². The maximum Gasteiger partial charge on any atom is 0.408 e. The van der Waals surface area contributed by atoms with Gasteiger partial charge in [0.15, 0.2) is 0 Å². The Morgan fingerprint density at radius 3 is 2.41 bits per heavy atom. The summed E-state index contributed by atoms with van der Waals surface area (Å²) in [6.45, 7) is 16.8. The van der Waals surface area contributed by atoms with Crippen LogP contribution in [0.1, 0.15) is 58.3 Å². The summed E-state index contributed by atoms with van der Waals surface area (Å²) in [5.74, 6) is -1.30. The first kappa shape index (κ1) is 35.0. The molecule has 0 bridgehead atoms. The maximum absolute atomic E-state index is 15.4. The van der Waals surface area contributed by atoms with Gasteiger partial charge in [0.1, 0.15) is 29.0 Å². The van der Waals surface area contributed by atoms with Gasteiger partial charge in [0.25, 0.3) is 0 Å². The molecule has 1 atom stereocenters. The SMILES string of the molecule is CCc1c(-c2ccc(NC(=O)[C@H](CCCC(Cl)Cl)NC(=O)OC(C)(C)C)nc2F)c(C)nn1COCC[Si](C)(C)C. The number of nitrogens with one attached hydrogen (secondary N) is 2. The fourth-order valence-corrected chi connectivity index (χ4v) is 5.14. The third-order valence-electron chi connectivity index (χ3n) is 6.07. The van der Waals surface area contributed by atoms with E-state index < -0.39 is 42.5 Å². The standard InChI is InChI=1S/C28H44Cl2FN5O4Si/c1-9-21-24(18(2)35-36(21)17-39-15-16-41(6,7)8)19-13-14-23(33-25(19)31)34-26(37)20(11-10-12-22(29)30)32-27(38)40-28(3,4)5/h13-14,20,22H,9-12,15-17H2,1-8H3,(H,32,38)(H,33,34,37)/t20-/m0/s1. The zero-order valence-corrected chi connectivity index (χ0v) is 27.9. The van der Waals surface area contributed by atoms with Crippen LogP contribution in [0.4, 0.5) is 15.0 Å². The van der Waals surface area contributed by atoms with Crippen LogP contribution in [0.2, 0.25) is 25.7 Å². The van der Waals surface area contributed by atoms with Crippen molar-refractivity contribution in [3.05, 3.63) is 29.5 Å². The smallest absolute Gasteiger partial charge is 0.408 e. The molecule has 0 spiro atoms. The van der Waals surface area contributed by atoms with E-state index in [2.05, 4.69) is 40.4 Å². The molecule has 0 aromatic carbocycles. The second kappa shape index (κ2) is 15.3. The number of aryl methyl sites for hydroxylation is 1. The summed E-state index contributed by atoms with van der Waals surface area (Å²) >= 11 is 11.6. The molecule has 0 aliphatic rings. The van der Waals surface area contributed by atoms with Crippen molar-refractivity contribution in [2.24, 2.45) is 0 Å². The zero-order valence-electron chi connectivity index (χ0n) is 25.4. The Kier molecular flexibility index (Phi) is 13.1. The molecule has 2 heterocycles. The summed E-state index contributed by atoms with van der Waals surface area (Å²) in [7, 11) is -1.22. The summed E-state index contributed by atoms with van der Waals surface area (Å²) in [6, 6.07) is 3.17. The minimum absolute atomic E-state index is 0.0116. The molecule has 0 radical (unpaired) electrons. The molecule has 2 amide bonds. The number of nitrogens with zero attached hydrogens (tertiary/aromatic N) is 3. The number of hydrogen-bond acceptors (Lipinski definition) is 6. The van der Waals surface area contributed by atoms with Crippen LogP contribution in [0.3, 0.4) is 0 Å².